The van der Waals surface area contributed by atoms with Gasteiger partial charge in [0.2, 0.25) is 0 Å². The maximum atomic E-state index is 12.3. The van der Waals surface area contributed by atoms with Crippen LogP contribution in [0.1, 0.15) is 10.4 Å². The first-order valence-corrected chi connectivity index (χ1v) is 6.73. The number of carbonyl (C=O) groups is 1. The van der Waals surface area contributed by atoms with E-state index < -0.39 is 0 Å². The first-order valence-electron chi connectivity index (χ1n) is 6.35. The predicted molar refractivity (Wildman–Crippen MR) is 85.6 cm³/mol. The van der Waals surface area contributed by atoms with Crippen LogP contribution in [-0.4, -0.2) is 10.9 Å². The minimum atomic E-state index is -0.227. The lowest BCUT2D eigenvalue weighted by atomic mass is 10.1. The molecule has 0 atom stereocenters. The number of nitrogens with zero attached hydrogens (tertiary/aromatic N) is 1. The van der Waals surface area contributed by atoms with Crippen molar-refractivity contribution >= 4 is 39.8 Å². The molecule has 4 nitrogen and oxygen atoms in total. The van der Waals surface area contributed by atoms with Crippen molar-refractivity contribution in [3.05, 3.63) is 65.3 Å². The number of nitrogens with two attached hydrogens (primary N) is 1. The molecule has 0 spiro atoms. The highest BCUT2D eigenvalue weighted by Crippen LogP contribution is 2.28. The summed E-state index contributed by atoms with van der Waals surface area (Å²) in [6.45, 7) is 0. The highest BCUT2D eigenvalue weighted by atomic mass is 35.5. The van der Waals surface area contributed by atoms with Gasteiger partial charge in [0, 0.05) is 22.8 Å². The van der Waals surface area contributed by atoms with Crippen molar-refractivity contribution in [3.8, 4) is 0 Å². The van der Waals surface area contributed by atoms with Gasteiger partial charge in [-0.15, -0.1) is 0 Å². The molecule has 3 rings (SSSR count). The Kier molecular flexibility index (Phi) is 3.46. The third kappa shape index (κ3) is 2.66. The molecule has 0 unspecified atom stereocenters. The van der Waals surface area contributed by atoms with E-state index >= 15 is 0 Å². The first-order chi connectivity index (χ1) is 10.1. The summed E-state index contributed by atoms with van der Waals surface area (Å²) in [5.74, 6) is -0.227. The van der Waals surface area contributed by atoms with Gasteiger partial charge in [-0.05, 0) is 42.5 Å². The Bertz CT molecular complexity index is 833. The predicted octanol–water partition coefficient (Wildman–Crippen LogP) is 3.72. The van der Waals surface area contributed by atoms with Crippen LogP contribution < -0.4 is 11.1 Å². The zero-order valence-corrected chi connectivity index (χ0v) is 11.8. The van der Waals surface area contributed by atoms with E-state index in [1.54, 1.807) is 48.7 Å². The van der Waals surface area contributed by atoms with E-state index in [0.29, 0.717) is 27.5 Å². The lowest BCUT2D eigenvalue weighted by molar-refractivity contribution is 0.102. The summed E-state index contributed by atoms with van der Waals surface area (Å²) >= 11 is 6.11. The zero-order valence-electron chi connectivity index (χ0n) is 11.0. The van der Waals surface area contributed by atoms with Crippen molar-refractivity contribution in [1.29, 1.82) is 0 Å². The molecule has 3 N–H and O–H groups in total. The lowest BCUT2D eigenvalue weighted by Gasteiger charge is -2.09. The van der Waals surface area contributed by atoms with E-state index in [-0.39, 0.29) is 5.91 Å². The Morgan fingerprint density at radius 3 is 2.81 bits per heavy atom. The molecule has 0 aliphatic carbocycles. The van der Waals surface area contributed by atoms with Crippen LogP contribution in [0.4, 0.5) is 11.4 Å². The van der Waals surface area contributed by atoms with E-state index in [4.69, 9.17) is 17.3 Å². The summed E-state index contributed by atoms with van der Waals surface area (Å²) in [6, 6.07) is 14.0. The number of benzene rings is 2. The normalized spacial score (nSPS) is 10.5. The SMILES string of the molecule is Nc1cccc(C(=O)Nc2ccc(Cl)c3ncccc23)c1. The van der Waals surface area contributed by atoms with Crippen molar-refractivity contribution in [1.82, 2.24) is 4.98 Å². The van der Waals surface area contributed by atoms with Crippen LogP contribution in [0, 0.1) is 0 Å². The summed E-state index contributed by atoms with van der Waals surface area (Å²) < 4.78 is 0. The topological polar surface area (TPSA) is 68.0 Å². The molecule has 2 aromatic carbocycles. The maximum Gasteiger partial charge on any atom is 0.255 e. The van der Waals surface area contributed by atoms with Crippen molar-refractivity contribution in [2.75, 3.05) is 11.1 Å². The smallest absolute Gasteiger partial charge is 0.255 e. The molecule has 3 aromatic rings. The number of nitrogens with one attached hydrogen (secondary N) is 1. The molecule has 0 radical (unpaired) electrons. The van der Waals surface area contributed by atoms with Gasteiger partial charge in [0.25, 0.3) is 5.91 Å². The fraction of sp³-hybridized carbons (Fsp3) is 0. The number of pyridine rings is 1. The van der Waals surface area contributed by atoms with Crippen LogP contribution in [0.2, 0.25) is 5.02 Å². The number of hydrogen-bond donors (Lipinski definition) is 2. The minimum Gasteiger partial charge on any atom is -0.399 e. The van der Waals surface area contributed by atoms with Gasteiger partial charge in [-0.25, -0.2) is 0 Å². The number of carbonyl (C=O) groups excluding carboxylic acids is 1. The van der Waals surface area contributed by atoms with E-state index in [0.717, 1.165) is 5.39 Å². The van der Waals surface area contributed by atoms with E-state index in [2.05, 4.69) is 10.3 Å². The minimum absolute atomic E-state index is 0.227. The molecule has 0 saturated carbocycles. The summed E-state index contributed by atoms with van der Waals surface area (Å²) in [5, 5.41) is 4.20. The van der Waals surface area contributed by atoms with Gasteiger partial charge in [0.15, 0.2) is 0 Å². The third-order valence-electron chi connectivity index (χ3n) is 3.12. The molecule has 1 amide bonds. The third-order valence-corrected chi connectivity index (χ3v) is 3.42. The van der Waals surface area contributed by atoms with Crippen LogP contribution in [0.25, 0.3) is 10.9 Å². The Morgan fingerprint density at radius 1 is 1.14 bits per heavy atom. The number of hydrogen-bond acceptors (Lipinski definition) is 3. The van der Waals surface area contributed by atoms with E-state index in [1.165, 1.54) is 0 Å². The number of anilines is 2. The molecule has 1 aromatic heterocycles. The van der Waals surface area contributed by atoms with Gasteiger partial charge in [0.05, 0.1) is 16.2 Å². The Balaban J connectivity index is 1.99. The van der Waals surface area contributed by atoms with Gasteiger partial charge in [0.1, 0.15) is 0 Å². The number of aromatic nitrogens is 1. The van der Waals surface area contributed by atoms with Crippen LogP contribution in [0.15, 0.2) is 54.7 Å². The fourth-order valence-electron chi connectivity index (χ4n) is 2.12. The molecule has 21 heavy (non-hydrogen) atoms. The molecular weight excluding hydrogens is 286 g/mol. The largest absolute Gasteiger partial charge is 0.399 e. The second kappa shape index (κ2) is 5.42. The fourth-order valence-corrected chi connectivity index (χ4v) is 2.34. The highest BCUT2D eigenvalue weighted by Gasteiger charge is 2.10. The number of amides is 1. The summed E-state index contributed by atoms with van der Waals surface area (Å²) in [6.07, 6.45) is 1.66. The molecule has 1 heterocycles. The molecule has 5 heteroatoms. The average molecular weight is 298 g/mol. The number of halogens is 1. The molecule has 0 aliphatic heterocycles. The van der Waals surface area contributed by atoms with Crippen LogP contribution >= 0.6 is 11.6 Å². The molecule has 0 fully saturated rings. The lowest BCUT2D eigenvalue weighted by Crippen LogP contribution is -2.12. The summed E-state index contributed by atoms with van der Waals surface area (Å²) in [4.78, 5) is 16.5. The monoisotopic (exact) mass is 297 g/mol. The van der Waals surface area contributed by atoms with Gasteiger partial charge in [-0.2, -0.15) is 0 Å². The van der Waals surface area contributed by atoms with Crippen LogP contribution in [-0.2, 0) is 0 Å². The highest BCUT2D eigenvalue weighted by molar-refractivity contribution is 6.35. The number of fused-ring (bicyclic) bond motifs is 1. The average Bonchev–Trinajstić information content (AvgIpc) is 2.50. The van der Waals surface area contributed by atoms with Crippen molar-refractivity contribution in [2.45, 2.75) is 0 Å². The number of rotatable bonds is 2. The van der Waals surface area contributed by atoms with Gasteiger partial charge >= 0.3 is 0 Å². The van der Waals surface area contributed by atoms with Crippen LogP contribution in [0.5, 0.6) is 0 Å². The first kappa shape index (κ1) is 13.4. The number of nitrogen functional groups attached to an aromatic ring is 1. The van der Waals surface area contributed by atoms with E-state index in [9.17, 15) is 4.79 Å². The van der Waals surface area contributed by atoms with Gasteiger partial charge in [-0.1, -0.05) is 17.7 Å². The second-order valence-electron chi connectivity index (χ2n) is 4.57. The standard InChI is InChI=1S/C16H12ClN3O/c17-13-6-7-14(12-5-2-8-19-15(12)13)20-16(21)10-3-1-4-11(18)9-10/h1-9H,18H2,(H,20,21). The Hall–Kier alpha value is -2.59. The molecule has 104 valence electrons. The quantitative estimate of drug-likeness (QED) is 0.708. The van der Waals surface area contributed by atoms with E-state index in [1.807, 2.05) is 6.07 Å². The van der Waals surface area contributed by atoms with Crippen molar-refractivity contribution < 1.29 is 4.79 Å². The zero-order chi connectivity index (χ0) is 14.8. The Morgan fingerprint density at radius 2 is 2.00 bits per heavy atom. The van der Waals surface area contributed by atoms with Gasteiger partial charge < -0.3 is 11.1 Å². The van der Waals surface area contributed by atoms with Crippen molar-refractivity contribution in [2.24, 2.45) is 0 Å². The summed E-state index contributed by atoms with van der Waals surface area (Å²) in [5.41, 5.74) is 8.06. The molecule has 0 saturated heterocycles. The second-order valence-corrected chi connectivity index (χ2v) is 4.98. The molecular formula is C16H12ClN3O. The van der Waals surface area contributed by atoms with Crippen LogP contribution in [0.3, 0.4) is 0 Å². The summed E-state index contributed by atoms with van der Waals surface area (Å²) in [7, 11) is 0. The Labute approximate surface area is 126 Å². The van der Waals surface area contributed by atoms with Crippen molar-refractivity contribution in [3.63, 3.8) is 0 Å². The van der Waals surface area contributed by atoms with Gasteiger partial charge in [-0.3, -0.25) is 9.78 Å². The molecule has 0 aliphatic rings. The maximum absolute atomic E-state index is 12.3. The molecule has 0 bridgehead atoms.